The first-order valence-corrected chi connectivity index (χ1v) is 11.4. The van der Waals surface area contributed by atoms with Crippen molar-refractivity contribution in [3.63, 3.8) is 0 Å². The van der Waals surface area contributed by atoms with Crippen molar-refractivity contribution in [3.8, 4) is 0 Å². The first-order chi connectivity index (χ1) is 11.3. The summed E-state index contributed by atoms with van der Waals surface area (Å²) in [7, 11) is -7.17. The molecule has 0 aliphatic rings. The number of hydrogen-bond acceptors (Lipinski definition) is 6. The minimum Gasteiger partial charge on any atom is -0.305 e. The normalized spacial score (nSPS) is 13.0. The van der Waals surface area contributed by atoms with Crippen LogP contribution in [0.1, 0.15) is 27.7 Å². The Kier molecular flexibility index (Phi) is 11.3. The average Bonchev–Trinajstić information content (AvgIpc) is 2.48. The van der Waals surface area contributed by atoms with Crippen LogP contribution in [0.25, 0.3) is 0 Å². The van der Waals surface area contributed by atoms with Gasteiger partial charge in [-0.15, -0.1) is 0 Å². The summed E-state index contributed by atoms with van der Waals surface area (Å²) in [5.41, 5.74) is 0. The van der Waals surface area contributed by atoms with E-state index in [1.807, 2.05) is 0 Å². The molecule has 0 saturated heterocycles. The van der Waals surface area contributed by atoms with Gasteiger partial charge in [-0.2, -0.15) is 0 Å². The zero-order valence-corrected chi connectivity index (χ0v) is 17.1. The molecule has 0 atom stereocenters. The van der Waals surface area contributed by atoms with E-state index in [0.29, 0.717) is 0 Å². The van der Waals surface area contributed by atoms with E-state index in [9.17, 15) is 9.13 Å². The molecule has 0 aromatic rings. The highest BCUT2D eigenvalue weighted by atomic mass is 31.2. The molecule has 0 aliphatic heterocycles. The number of quaternary nitrogens is 1. The van der Waals surface area contributed by atoms with Gasteiger partial charge in [0.15, 0.2) is 6.29 Å². The molecule has 0 bridgehead atoms. The van der Waals surface area contributed by atoms with Gasteiger partial charge in [0.1, 0.15) is 13.1 Å². The minimum atomic E-state index is -3.67. The van der Waals surface area contributed by atoms with Crippen molar-refractivity contribution in [2.45, 2.75) is 27.7 Å². The average molecular weight is 384 g/mol. The molecule has 0 aromatic heterocycles. The van der Waals surface area contributed by atoms with Gasteiger partial charge in [-0.25, -0.2) is 8.82 Å². The predicted octanol–water partition coefficient (Wildman–Crippen LogP) is 4.58. The lowest BCUT2D eigenvalue weighted by Gasteiger charge is -2.41. The third kappa shape index (κ3) is 6.23. The molecule has 0 unspecified atom stereocenters. The van der Waals surface area contributed by atoms with E-state index in [1.54, 1.807) is 39.8 Å². The van der Waals surface area contributed by atoms with Crippen LogP contribution in [0, 0.1) is 0 Å². The van der Waals surface area contributed by atoms with Gasteiger partial charge in [0, 0.05) is 0 Å². The van der Waals surface area contributed by atoms with Crippen molar-refractivity contribution < 1.29 is 31.5 Å². The standard InChI is InChI=1S/C15H32NO6P2/c1-7-13-16(14-8-2,24(18,21-11-5)22-12-6)15-23(17,19-9-3)20-10-4/h7-8H,1-2,9-15H2,3-6H3/q+1. The quantitative estimate of drug-likeness (QED) is 0.304. The summed E-state index contributed by atoms with van der Waals surface area (Å²) in [6.07, 6.45) is 3.04. The summed E-state index contributed by atoms with van der Waals surface area (Å²) in [5.74, 6) is 0. The maximum atomic E-state index is 13.5. The highest BCUT2D eigenvalue weighted by Crippen LogP contribution is 2.64. The fraction of sp³-hybridized carbons (Fsp3) is 0.733. The molecular formula is C15H32NO6P2+. The molecule has 0 radical (unpaired) electrons. The van der Waals surface area contributed by atoms with Crippen molar-refractivity contribution >= 4 is 15.3 Å². The largest absolute Gasteiger partial charge is 0.532 e. The highest BCUT2D eigenvalue weighted by molar-refractivity contribution is 7.54. The first kappa shape index (κ1) is 23.7. The molecule has 0 fully saturated rings. The summed E-state index contributed by atoms with van der Waals surface area (Å²) in [4.78, 5) is 0. The van der Waals surface area contributed by atoms with Gasteiger partial charge in [-0.05, 0) is 39.8 Å². The van der Waals surface area contributed by atoms with E-state index in [2.05, 4.69) is 13.2 Å². The predicted molar refractivity (Wildman–Crippen MR) is 97.0 cm³/mol. The molecule has 0 heterocycles. The van der Waals surface area contributed by atoms with E-state index in [4.69, 9.17) is 18.1 Å². The van der Waals surface area contributed by atoms with Crippen LogP contribution in [0.4, 0.5) is 0 Å². The molecule has 7 nitrogen and oxygen atoms in total. The van der Waals surface area contributed by atoms with Crippen molar-refractivity contribution in [1.82, 2.24) is 0 Å². The molecular weight excluding hydrogens is 352 g/mol. The maximum Gasteiger partial charge on any atom is 0.532 e. The Balaban J connectivity index is 6.09. The Morgan fingerprint density at radius 1 is 0.792 bits per heavy atom. The number of rotatable bonds is 15. The van der Waals surface area contributed by atoms with Crippen LogP contribution in [0.3, 0.4) is 0 Å². The Labute approximate surface area is 146 Å². The molecule has 24 heavy (non-hydrogen) atoms. The van der Waals surface area contributed by atoms with Crippen LogP contribution in [0.2, 0.25) is 0 Å². The maximum absolute atomic E-state index is 13.5. The molecule has 0 amide bonds. The van der Waals surface area contributed by atoms with Crippen LogP contribution in [-0.2, 0) is 27.2 Å². The Hall–Kier alpha value is -0.260. The zero-order chi connectivity index (χ0) is 18.7. The fourth-order valence-corrected chi connectivity index (χ4v) is 7.22. The van der Waals surface area contributed by atoms with E-state index >= 15 is 0 Å². The third-order valence-corrected chi connectivity index (χ3v) is 8.22. The van der Waals surface area contributed by atoms with Crippen molar-refractivity contribution in [2.75, 3.05) is 45.8 Å². The van der Waals surface area contributed by atoms with E-state index in [1.165, 1.54) is 0 Å². The van der Waals surface area contributed by atoms with E-state index < -0.39 is 15.3 Å². The first-order valence-electron chi connectivity index (χ1n) is 8.18. The van der Waals surface area contributed by atoms with Gasteiger partial charge in [0.2, 0.25) is 0 Å². The van der Waals surface area contributed by atoms with Crippen LogP contribution < -0.4 is 0 Å². The fourth-order valence-electron chi connectivity index (χ4n) is 2.39. The van der Waals surface area contributed by atoms with Gasteiger partial charge in [-0.1, -0.05) is 13.2 Å². The van der Waals surface area contributed by atoms with Crippen LogP contribution in [0.15, 0.2) is 25.3 Å². The lowest BCUT2D eigenvalue weighted by atomic mass is 10.5. The number of nitrogens with zero attached hydrogens (tertiary/aromatic N) is 1. The minimum absolute atomic E-state index is 0.149. The third-order valence-electron chi connectivity index (χ3n) is 3.13. The van der Waals surface area contributed by atoms with Crippen LogP contribution >= 0.6 is 15.3 Å². The molecule has 0 aliphatic carbocycles. The van der Waals surface area contributed by atoms with Crippen molar-refractivity contribution in [2.24, 2.45) is 0 Å². The summed E-state index contributed by atoms with van der Waals surface area (Å²) in [6, 6.07) is 0. The lowest BCUT2D eigenvalue weighted by Crippen LogP contribution is -2.47. The summed E-state index contributed by atoms with van der Waals surface area (Å²) < 4.78 is 48.1. The Bertz CT molecular complexity index is 453. The van der Waals surface area contributed by atoms with Gasteiger partial charge in [-0.3, -0.25) is 13.6 Å². The second-order valence-electron chi connectivity index (χ2n) is 4.93. The van der Waals surface area contributed by atoms with Crippen LogP contribution in [-0.4, -0.2) is 50.1 Å². The molecule has 0 rings (SSSR count). The van der Waals surface area contributed by atoms with E-state index in [-0.39, 0.29) is 50.1 Å². The Morgan fingerprint density at radius 2 is 1.17 bits per heavy atom. The van der Waals surface area contributed by atoms with Gasteiger partial charge in [0.05, 0.1) is 26.4 Å². The smallest absolute Gasteiger partial charge is 0.305 e. The monoisotopic (exact) mass is 384 g/mol. The molecule has 0 saturated carbocycles. The topological polar surface area (TPSA) is 71.1 Å². The molecule has 142 valence electrons. The summed E-state index contributed by atoms with van der Waals surface area (Å²) in [6.45, 7) is 15.6. The van der Waals surface area contributed by atoms with Crippen molar-refractivity contribution in [1.29, 1.82) is 0 Å². The molecule has 0 N–H and O–H groups in total. The van der Waals surface area contributed by atoms with Gasteiger partial charge < -0.3 is 9.05 Å². The summed E-state index contributed by atoms with van der Waals surface area (Å²) >= 11 is 0. The second kappa shape index (κ2) is 11.4. The zero-order valence-electron chi connectivity index (χ0n) is 15.3. The van der Waals surface area contributed by atoms with Gasteiger partial charge in [0.25, 0.3) is 0 Å². The summed E-state index contributed by atoms with van der Waals surface area (Å²) in [5, 5.41) is 0. The van der Waals surface area contributed by atoms with Gasteiger partial charge >= 0.3 is 15.3 Å². The Morgan fingerprint density at radius 3 is 1.46 bits per heavy atom. The lowest BCUT2D eigenvalue weighted by molar-refractivity contribution is -0.800. The van der Waals surface area contributed by atoms with Crippen molar-refractivity contribution in [3.05, 3.63) is 25.3 Å². The number of hydrogen-bond donors (Lipinski definition) is 0. The molecule has 0 spiro atoms. The van der Waals surface area contributed by atoms with E-state index in [0.717, 1.165) is 0 Å². The molecule has 9 heteroatoms. The SMILES string of the molecule is C=CC[N+](CC=C)(CP(=O)(OCC)OCC)P(=O)(OCC)OCC. The highest BCUT2D eigenvalue weighted by Gasteiger charge is 2.54. The molecule has 0 aromatic carbocycles. The second-order valence-corrected chi connectivity index (χ2v) is 9.25. The van der Waals surface area contributed by atoms with Crippen LogP contribution in [0.5, 0.6) is 0 Å².